The van der Waals surface area contributed by atoms with Gasteiger partial charge in [0.1, 0.15) is 5.82 Å². The number of amides is 1. The minimum absolute atomic E-state index is 0.252. The predicted molar refractivity (Wildman–Crippen MR) is 111 cm³/mol. The van der Waals surface area contributed by atoms with Crippen molar-refractivity contribution < 1.29 is 14.3 Å². The Balaban J connectivity index is 1.69. The molecule has 3 rings (SSSR count). The number of benzene rings is 2. The molecule has 1 aromatic heterocycles. The number of methoxy groups -OCH3 is 2. The zero-order valence-corrected chi connectivity index (χ0v) is 16.4. The molecule has 0 bridgehead atoms. The lowest BCUT2D eigenvalue weighted by atomic mass is 10.1. The van der Waals surface area contributed by atoms with Gasteiger partial charge >= 0.3 is 0 Å². The van der Waals surface area contributed by atoms with E-state index in [-0.39, 0.29) is 5.91 Å². The monoisotopic (exact) mass is 377 g/mol. The first-order valence-electron chi connectivity index (χ1n) is 8.83. The van der Waals surface area contributed by atoms with Gasteiger partial charge in [-0.15, -0.1) is 0 Å². The van der Waals surface area contributed by atoms with E-state index in [9.17, 15) is 4.79 Å². The van der Waals surface area contributed by atoms with E-state index >= 15 is 0 Å². The van der Waals surface area contributed by atoms with Crippen molar-refractivity contribution in [2.24, 2.45) is 0 Å². The Hall–Kier alpha value is -3.54. The fourth-order valence-corrected chi connectivity index (χ4v) is 2.92. The normalized spacial score (nSPS) is 10.3. The van der Waals surface area contributed by atoms with Crippen LogP contribution < -0.4 is 20.1 Å². The van der Waals surface area contributed by atoms with Crippen molar-refractivity contribution in [1.82, 2.24) is 4.98 Å². The molecule has 2 aromatic carbocycles. The van der Waals surface area contributed by atoms with Crippen molar-refractivity contribution in [3.63, 3.8) is 0 Å². The Kier molecular flexibility index (Phi) is 5.79. The van der Waals surface area contributed by atoms with Crippen LogP contribution in [-0.2, 0) is 0 Å². The molecule has 0 atom stereocenters. The highest BCUT2D eigenvalue weighted by Crippen LogP contribution is 2.28. The van der Waals surface area contributed by atoms with E-state index in [2.05, 4.69) is 47.7 Å². The molecule has 3 aromatic rings. The predicted octanol–water partition coefficient (Wildman–Crippen LogP) is 4.71. The molecular formula is C22H23N3O3. The second kappa shape index (κ2) is 8.43. The third kappa shape index (κ3) is 4.59. The van der Waals surface area contributed by atoms with E-state index in [0.717, 1.165) is 5.69 Å². The van der Waals surface area contributed by atoms with Crippen molar-refractivity contribution >= 4 is 23.1 Å². The summed E-state index contributed by atoms with van der Waals surface area (Å²) in [5.74, 6) is 1.52. The number of nitrogens with one attached hydrogen (secondary N) is 2. The number of anilines is 3. The summed E-state index contributed by atoms with van der Waals surface area (Å²) >= 11 is 0. The minimum Gasteiger partial charge on any atom is -0.493 e. The molecule has 0 spiro atoms. The Bertz CT molecular complexity index is 965. The van der Waals surface area contributed by atoms with E-state index in [1.807, 2.05) is 6.07 Å². The lowest BCUT2D eigenvalue weighted by Crippen LogP contribution is -2.12. The van der Waals surface area contributed by atoms with Gasteiger partial charge in [0.15, 0.2) is 11.5 Å². The second-order valence-corrected chi connectivity index (χ2v) is 6.46. The number of hydrogen-bond donors (Lipinski definition) is 2. The lowest BCUT2D eigenvalue weighted by Gasteiger charge is -2.11. The van der Waals surface area contributed by atoms with E-state index in [1.165, 1.54) is 18.2 Å². The van der Waals surface area contributed by atoms with Gasteiger partial charge in [-0.3, -0.25) is 4.79 Å². The summed E-state index contributed by atoms with van der Waals surface area (Å²) in [5, 5.41) is 6.10. The van der Waals surface area contributed by atoms with Gasteiger partial charge in [0.05, 0.1) is 26.1 Å². The van der Waals surface area contributed by atoms with E-state index < -0.39 is 0 Å². The van der Waals surface area contributed by atoms with Crippen LogP contribution in [0.15, 0.2) is 54.7 Å². The first-order chi connectivity index (χ1) is 13.5. The van der Waals surface area contributed by atoms with Crippen LogP contribution >= 0.6 is 0 Å². The third-order valence-electron chi connectivity index (χ3n) is 4.16. The summed E-state index contributed by atoms with van der Waals surface area (Å²) in [6.45, 7) is 4.11. The van der Waals surface area contributed by atoms with E-state index in [4.69, 9.17) is 9.47 Å². The zero-order chi connectivity index (χ0) is 20.1. The molecule has 28 heavy (non-hydrogen) atoms. The molecule has 1 heterocycles. The largest absolute Gasteiger partial charge is 0.493 e. The van der Waals surface area contributed by atoms with E-state index in [1.54, 1.807) is 37.6 Å². The summed E-state index contributed by atoms with van der Waals surface area (Å²) in [6.07, 6.45) is 1.61. The number of pyridine rings is 1. The van der Waals surface area contributed by atoms with E-state index in [0.29, 0.717) is 28.6 Å². The molecule has 0 unspecified atom stereocenters. The summed E-state index contributed by atoms with van der Waals surface area (Å²) in [7, 11) is 3.09. The van der Waals surface area contributed by atoms with Crippen molar-refractivity contribution in [1.29, 1.82) is 0 Å². The number of nitrogens with zero attached hydrogens (tertiary/aromatic N) is 1. The van der Waals surface area contributed by atoms with Gasteiger partial charge in [0.2, 0.25) is 0 Å². The summed E-state index contributed by atoms with van der Waals surface area (Å²) < 4.78 is 10.4. The molecule has 1 amide bonds. The van der Waals surface area contributed by atoms with Gasteiger partial charge in [0.25, 0.3) is 5.91 Å². The number of rotatable bonds is 6. The molecule has 0 fully saturated rings. The quantitative estimate of drug-likeness (QED) is 0.651. The standard InChI is InChI=1S/C22H23N3O3/c1-14-9-15(2)11-18(10-14)24-21-8-6-17(13-23-21)25-22(26)16-5-7-19(27-3)20(12-16)28-4/h5-13H,1-4H3,(H,23,24)(H,25,26). The molecule has 2 N–H and O–H groups in total. The Labute approximate surface area is 164 Å². The molecule has 0 saturated carbocycles. The van der Waals surface area contributed by atoms with Crippen LogP contribution in [0.3, 0.4) is 0 Å². The van der Waals surface area contributed by atoms with Gasteiger partial charge in [-0.2, -0.15) is 0 Å². The molecule has 144 valence electrons. The molecular weight excluding hydrogens is 354 g/mol. The highest BCUT2D eigenvalue weighted by atomic mass is 16.5. The highest BCUT2D eigenvalue weighted by Gasteiger charge is 2.11. The summed E-state index contributed by atoms with van der Waals surface area (Å²) in [6, 6.07) is 14.9. The Morgan fingerprint density at radius 2 is 1.57 bits per heavy atom. The fraction of sp³-hybridized carbons (Fsp3) is 0.182. The first-order valence-corrected chi connectivity index (χ1v) is 8.83. The smallest absolute Gasteiger partial charge is 0.255 e. The van der Waals surface area contributed by atoms with Crippen LogP contribution in [-0.4, -0.2) is 25.1 Å². The van der Waals surface area contributed by atoms with Crippen LogP contribution in [0.2, 0.25) is 0 Å². The minimum atomic E-state index is -0.252. The first kappa shape index (κ1) is 19.2. The maximum Gasteiger partial charge on any atom is 0.255 e. The molecule has 0 aliphatic carbocycles. The Morgan fingerprint density at radius 1 is 0.857 bits per heavy atom. The lowest BCUT2D eigenvalue weighted by molar-refractivity contribution is 0.102. The van der Waals surface area contributed by atoms with Crippen LogP contribution in [0, 0.1) is 13.8 Å². The van der Waals surface area contributed by atoms with Crippen LogP contribution in [0.4, 0.5) is 17.2 Å². The zero-order valence-electron chi connectivity index (χ0n) is 16.4. The molecule has 6 nitrogen and oxygen atoms in total. The van der Waals surface area contributed by atoms with Gasteiger partial charge in [-0.05, 0) is 67.4 Å². The average Bonchev–Trinajstić information content (AvgIpc) is 2.68. The molecule has 6 heteroatoms. The maximum atomic E-state index is 12.5. The number of hydrogen-bond acceptors (Lipinski definition) is 5. The fourth-order valence-electron chi connectivity index (χ4n) is 2.92. The van der Waals surface area contributed by atoms with Gasteiger partial charge in [0, 0.05) is 11.3 Å². The van der Waals surface area contributed by atoms with Gasteiger partial charge in [-0.1, -0.05) is 6.07 Å². The van der Waals surface area contributed by atoms with Crippen molar-refractivity contribution in [3.05, 3.63) is 71.4 Å². The molecule has 0 saturated heterocycles. The summed E-state index contributed by atoms with van der Waals surface area (Å²) in [4.78, 5) is 16.9. The summed E-state index contributed by atoms with van der Waals surface area (Å²) in [5.41, 5.74) is 4.41. The number of ether oxygens (including phenoxy) is 2. The van der Waals surface area contributed by atoms with Crippen molar-refractivity contribution in [2.45, 2.75) is 13.8 Å². The van der Waals surface area contributed by atoms with Crippen LogP contribution in [0.25, 0.3) is 0 Å². The SMILES string of the molecule is COc1ccc(C(=O)Nc2ccc(Nc3cc(C)cc(C)c3)nc2)cc1OC. The number of aromatic nitrogens is 1. The maximum absolute atomic E-state index is 12.5. The third-order valence-corrected chi connectivity index (χ3v) is 4.16. The van der Waals surface area contributed by atoms with Crippen LogP contribution in [0.5, 0.6) is 11.5 Å². The van der Waals surface area contributed by atoms with Crippen molar-refractivity contribution in [2.75, 3.05) is 24.9 Å². The second-order valence-electron chi connectivity index (χ2n) is 6.46. The highest BCUT2D eigenvalue weighted by molar-refractivity contribution is 6.04. The average molecular weight is 377 g/mol. The number of carbonyl (C=O) groups excluding carboxylic acids is 1. The molecule has 0 aliphatic heterocycles. The van der Waals surface area contributed by atoms with Crippen molar-refractivity contribution in [3.8, 4) is 11.5 Å². The molecule has 0 aliphatic rings. The topological polar surface area (TPSA) is 72.5 Å². The molecule has 0 radical (unpaired) electrons. The Morgan fingerprint density at radius 3 is 2.18 bits per heavy atom. The number of aryl methyl sites for hydroxylation is 2. The van der Waals surface area contributed by atoms with Crippen LogP contribution in [0.1, 0.15) is 21.5 Å². The van der Waals surface area contributed by atoms with Gasteiger partial charge in [-0.25, -0.2) is 4.98 Å². The van der Waals surface area contributed by atoms with Gasteiger partial charge < -0.3 is 20.1 Å². The number of carbonyl (C=O) groups is 1.